The zero-order valence-electron chi connectivity index (χ0n) is 17.8. The summed E-state index contributed by atoms with van der Waals surface area (Å²) in [6.45, 7) is -3.19. The summed E-state index contributed by atoms with van der Waals surface area (Å²) >= 11 is 4.78. The molecule has 1 aliphatic rings. The lowest BCUT2D eigenvalue weighted by Crippen LogP contribution is -2.42. The lowest BCUT2D eigenvalue weighted by molar-refractivity contribution is -0.204. The monoisotopic (exact) mass is 535 g/mol. The quantitative estimate of drug-likeness (QED) is 0.163. The van der Waals surface area contributed by atoms with Crippen LogP contribution in [0.1, 0.15) is 15.9 Å². The number of aliphatic hydroxyl groups excluding tert-OH is 2. The molecule has 0 saturated carbocycles. The maximum atomic E-state index is 15.5. The molecule has 7 N–H and O–H groups in total. The van der Waals surface area contributed by atoms with Gasteiger partial charge in [-0.2, -0.15) is 8.62 Å². The number of aromatic amines is 1. The maximum Gasteiger partial charge on any atom is 0.490 e. The standard InChI is InChI=1S/C10H16FN2O14P3S/c1-4-2-13(9(31)12-7(4)16)8-5(14)6(15)10(11,25-8)3-24-29(20,21)27-30(22,23)26-28(17,18)19/h2,5-6,8,14-15H,3H2,1H3,(H,20,21)(H,22,23)(H,12,16,31)(H2,17,18,19)/t5-,6+,8-,10-/m1/s1/i3D2,8D. The van der Waals surface area contributed by atoms with Gasteiger partial charge in [0.15, 0.2) is 11.0 Å². The Labute approximate surface area is 180 Å². The first-order valence-corrected chi connectivity index (χ1v) is 12.3. The van der Waals surface area contributed by atoms with Crippen LogP contribution in [0.5, 0.6) is 0 Å². The van der Waals surface area contributed by atoms with Gasteiger partial charge in [0.25, 0.3) is 11.4 Å². The number of rotatable bonds is 8. The number of H-pyrrole nitrogens is 1. The summed E-state index contributed by atoms with van der Waals surface area (Å²) in [5, 5.41) is 20.3. The summed E-state index contributed by atoms with van der Waals surface area (Å²) in [4.78, 5) is 49.2. The average molecular weight is 535 g/mol. The number of halogens is 1. The van der Waals surface area contributed by atoms with Crippen LogP contribution in [-0.2, 0) is 31.6 Å². The Bertz CT molecular complexity index is 1240. The highest BCUT2D eigenvalue weighted by molar-refractivity contribution is 7.71. The molecule has 1 fully saturated rings. The first kappa shape index (κ1) is 22.1. The number of phosphoric ester groups is 1. The van der Waals surface area contributed by atoms with Crippen molar-refractivity contribution < 1.29 is 69.9 Å². The first-order valence-electron chi connectivity index (χ1n) is 8.89. The van der Waals surface area contributed by atoms with Gasteiger partial charge in [-0.25, -0.2) is 18.1 Å². The molecular weight excluding hydrogens is 516 g/mol. The van der Waals surface area contributed by atoms with E-state index < -0.39 is 64.6 Å². The molecule has 16 nitrogen and oxygen atoms in total. The molecule has 0 bridgehead atoms. The van der Waals surface area contributed by atoms with Crippen molar-refractivity contribution in [1.29, 1.82) is 0 Å². The number of hydrogen-bond donors (Lipinski definition) is 7. The minimum absolute atomic E-state index is 0.154. The van der Waals surface area contributed by atoms with Gasteiger partial charge in [-0.1, -0.05) is 0 Å². The summed E-state index contributed by atoms with van der Waals surface area (Å²) in [5.41, 5.74) is -0.912. The normalized spacial score (nSPS) is 34.9. The van der Waals surface area contributed by atoms with Crippen LogP contribution < -0.4 is 5.56 Å². The van der Waals surface area contributed by atoms with Crippen molar-refractivity contribution in [2.24, 2.45) is 0 Å². The lowest BCUT2D eigenvalue weighted by Gasteiger charge is -2.24. The number of aliphatic hydroxyl groups is 2. The van der Waals surface area contributed by atoms with Crippen LogP contribution in [0.4, 0.5) is 4.39 Å². The zero-order chi connectivity index (χ0) is 26.7. The van der Waals surface area contributed by atoms with Crippen molar-refractivity contribution in [2.45, 2.75) is 31.2 Å². The number of ether oxygens (including phenoxy) is 1. The lowest BCUT2D eigenvalue weighted by atomic mass is 10.1. The molecule has 2 unspecified atom stereocenters. The predicted molar refractivity (Wildman–Crippen MR) is 96.4 cm³/mol. The summed E-state index contributed by atoms with van der Waals surface area (Å²) < 4.78 is 87.6. The fraction of sp³-hybridized carbons (Fsp3) is 0.600. The van der Waals surface area contributed by atoms with Crippen molar-refractivity contribution >= 4 is 35.7 Å². The largest absolute Gasteiger partial charge is 0.490 e. The number of aromatic nitrogens is 2. The minimum Gasteiger partial charge on any atom is -0.385 e. The molecule has 0 radical (unpaired) electrons. The van der Waals surface area contributed by atoms with Crippen molar-refractivity contribution in [3.8, 4) is 0 Å². The predicted octanol–water partition coefficient (Wildman–Crippen LogP) is -0.526. The average Bonchev–Trinajstić information content (AvgIpc) is 2.76. The maximum absolute atomic E-state index is 15.5. The zero-order valence-corrected chi connectivity index (χ0v) is 18.3. The van der Waals surface area contributed by atoms with Gasteiger partial charge in [0, 0.05) is 11.8 Å². The smallest absolute Gasteiger partial charge is 0.385 e. The Hall–Kier alpha value is -0.680. The second-order valence-electron chi connectivity index (χ2n) is 5.70. The third-order valence-electron chi connectivity index (χ3n) is 3.26. The van der Waals surface area contributed by atoms with Crippen LogP contribution in [-0.4, -0.2) is 64.0 Å². The van der Waals surface area contributed by atoms with Gasteiger partial charge in [0.2, 0.25) is 0 Å². The molecule has 0 spiro atoms. The molecule has 1 aromatic heterocycles. The number of nitrogens with one attached hydrogen (secondary N) is 1. The van der Waals surface area contributed by atoms with Gasteiger partial charge in [-0.15, -0.1) is 0 Å². The summed E-state index contributed by atoms with van der Waals surface area (Å²) in [7, 11) is -18.2. The third kappa shape index (κ3) is 6.66. The van der Waals surface area contributed by atoms with Crippen molar-refractivity contribution in [3.05, 3.63) is 26.9 Å². The second kappa shape index (κ2) is 8.93. The van der Waals surface area contributed by atoms with E-state index in [1.807, 2.05) is 4.98 Å². The van der Waals surface area contributed by atoms with E-state index in [2.05, 4.69) is 17.9 Å². The topological polar surface area (TPSA) is 247 Å². The Kier molecular flexibility index (Phi) is 6.37. The van der Waals surface area contributed by atoms with Crippen LogP contribution in [0.3, 0.4) is 0 Å². The molecule has 178 valence electrons. The van der Waals surface area contributed by atoms with Gasteiger partial charge in [-0.3, -0.25) is 18.9 Å². The molecule has 0 aliphatic carbocycles. The van der Waals surface area contributed by atoms with Crippen molar-refractivity contribution in [2.75, 3.05) is 6.56 Å². The van der Waals surface area contributed by atoms with Gasteiger partial charge < -0.3 is 34.5 Å². The molecule has 1 saturated heterocycles. The molecule has 31 heavy (non-hydrogen) atoms. The van der Waals surface area contributed by atoms with E-state index in [0.717, 1.165) is 6.20 Å². The van der Waals surface area contributed by atoms with Crippen molar-refractivity contribution in [1.82, 2.24) is 9.55 Å². The molecule has 2 heterocycles. The van der Waals surface area contributed by atoms with E-state index in [4.69, 9.17) is 31.0 Å². The van der Waals surface area contributed by atoms with Crippen LogP contribution in [0.2, 0.25) is 0 Å². The third-order valence-corrected chi connectivity index (χ3v) is 7.21. The molecule has 1 aliphatic heterocycles. The van der Waals surface area contributed by atoms with Gasteiger partial charge in [-0.05, 0) is 19.1 Å². The van der Waals surface area contributed by atoms with Crippen LogP contribution in [0, 0.1) is 11.7 Å². The molecular formula is C10H16FN2O14P3S. The highest BCUT2D eigenvalue weighted by atomic mass is 32.1. The van der Waals surface area contributed by atoms with Crippen LogP contribution in [0.15, 0.2) is 11.0 Å². The van der Waals surface area contributed by atoms with Crippen LogP contribution in [0.25, 0.3) is 0 Å². The first-order chi connectivity index (χ1) is 15.0. The Balaban J connectivity index is 2.44. The van der Waals surface area contributed by atoms with Gasteiger partial charge in [0.05, 0.1) is 4.11 Å². The number of phosphoric acid groups is 3. The van der Waals surface area contributed by atoms with Gasteiger partial charge >= 0.3 is 23.5 Å². The number of hydrogen-bond acceptors (Lipinski definition) is 11. The number of alkyl halides is 1. The van der Waals surface area contributed by atoms with E-state index in [1.165, 1.54) is 6.92 Å². The van der Waals surface area contributed by atoms with E-state index in [9.17, 15) is 33.6 Å². The van der Waals surface area contributed by atoms with Crippen LogP contribution >= 0.6 is 35.7 Å². The Morgan fingerprint density at radius 1 is 1.32 bits per heavy atom. The second-order valence-corrected chi connectivity index (χ2v) is 10.4. The van der Waals surface area contributed by atoms with Crippen molar-refractivity contribution in [3.63, 3.8) is 0 Å². The molecule has 0 aromatic carbocycles. The highest BCUT2D eigenvalue weighted by Crippen LogP contribution is 2.66. The minimum atomic E-state index is -6.31. The highest BCUT2D eigenvalue weighted by Gasteiger charge is 2.57. The Morgan fingerprint density at radius 2 is 1.90 bits per heavy atom. The SMILES string of the molecule is [2H]C([2H])(OP(=O)(O)OP(=O)(O)OP(=O)(O)O)[C@@]1(F)O[C@@]([2H])(n2cc(C)c(=O)[nH]c2=S)[C@H](O)[C@@H]1O. The summed E-state index contributed by atoms with van der Waals surface area (Å²) in [5.74, 6) is -4.40. The molecule has 21 heteroatoms. The summed E-state index contributed by atoms with van der Waals surface area (Å²) in [6, 6.07) is 0. The van der Waals surface area contributed by atoms with E-state index in [-0.39, 0.29) is 5.56 Å². The number of aryl methyl sites for hydroxylation is 1. The fourth-order valence-electron chi connectivity index (χ4n) is 2.03. The summed E-state index contributed by atoms with van der Waals surface area (Å²) in [6.07, 6.45) is -8.20. The molecule has 2 rings (SSSR count). The molecule has 1 aromatic rings. The Morgan fingerprint density at radius 3 is 2.45 bits per heavy atom. The molecule has 0 amide bonds. The van der Waals surface area contributed by atoms with Gasteiger partial charge in [0.1, 0.15) is 18.8 Å². The fourth-order valence-corrected chi connectivity index (χ4v) is 5.15. The van der Waals surface area contributed by atoms with E-state index in [1.54, 1.807) is 0 Å². The van der Waals surface area contributed by atoms with E-state index >= 15 is 4.39 Å². The van der Waals surface area contributed by atoms with E-state index in [0.29, 0.717) is 4.57 Å². The molecule has 6 atom stereocenters. The number of nitrogens with zero attached hydrogens (tertiary/aromatic N) is 1.